The van der Waals surface area contributed by atoms with Crippen molar-refractivity contribution in [3.63, 3.8) is 0 Å². The van der Waals surface area contributed by atoms with Crippen LogP contribution in [0.2, 0.25) is 10.0 Å². The van der Waals surface area contributed by atoms with Gasteiger partial charge in [0.15, 0.2) is 0 Å². The van der Waals surface area contributed by atoms with Gasteiger partial charge in [-0.15, -0.1) is 0 Å². The number of hydrogen-bond donors (Lipinski definition) is 1. The summed E-state index contributed by atoms with van der Waals surface area (Å²) >= 11 is 11.8. The third-order valence-electron chi connectivity index (χ3n) is 2.62. The Hall–Kier alpha value is -1.43. The number of benzene rings is 2. The topological polar surface area (TPSA) is 55.4 Å². The second kappa shape index (κ2) is 6.56. The molecule has 0 saturated heterocycles. The molecule has 0 amide bonds. The van der Waals surface area contributed by atoms with E-state index in [4.69, 9.17) is 27.9 Å². The van der Waals surface area contributed by atoms with Gasteiger partial charge in [0, 0.05) is 5.02 Å². The number of sulfonamides is 1. The lowest BCUT2D eigenvalue weighted by Crippen LogP contribution is -2.13. The van der Waals surface area contributed by atoms with Gasteiger partial charge < -0.3 is 4.74 Å². The second-order valence-corrected chi connectivity index (χ2v) is 6.66. The number of rotatable bonds is 5. The lowest BCUT2D eigenvalue weighted by Gasteiger charge is -2.10. The molecule has 0 aliphatic rings. The Morgan fingerprint density at radius 2 is 1.76 bits per heavy atom. The zero-order chi connectivity index (χ0) is 15.5. The summed E-state index contributed by atoms with van der Waals surface area (Å²) < 4.78 is 32.2. The van der Waals surface area contributed by atoms with Crippen molar-refractivity contribution in [3.8, 4) is 5.75 Å². The van der Waals surface area contributed by atoms with Crippen LogP contribution in [-0.4, -0.2) is 15.0 Å². The van der Waals surface area contributed by atoms with Gasteiger partial charge in [0.1, 0.15) is 5.75 Å². The minimum Gasteiger partial charge on any atom is -0.494 e. The first-order chi connectivity index (χ1) is 9.92. The SMILES string of the molecule is CCOc1ccc(S(=O)(=O)Nc2cc(Cl)ccc2Cl)cc1. The van der Waals surface area contributed by atoms with Crippen LogP contribution in [0, 0.1) is 0 Å². The van der Waals surface area contributed by atoms with Crippen LogP contribution in [0.3, 0.4) is 0 Å². The third-order valence-corrected chi connectivity index (χ3v) is 4.56. The van der Waals surface area contributed by atoms with Crippen LogP contribution in [-0.2, 0) is 10.0 Å². The quantitative estimate of drug-likeness (QED) is 0.883. The molecule has 0 saturated carbocycles. The summed E-state index contributed by atoms with van der Waals surface area (Å²) in [5, 5.41) is 0.665. The molecule has 0 unspecified atom stereocenters. The maximum absolute atomic E-state index is 12.3. The zero-order valence-electron chi connectivity index (χ0n) is 11.1. The van der Waals surface area contributed by atoms with Crippen LogP contribution in [0.4, 0.5) is 5.69 Å². The van der Waals surface area contributed by atoms with Crippen LogP contribution in [0.5, 0.6) is 5.75 Å². The van der Waals surface area contributed by atoms with Crippen molar-refractivity contribution in [1.29, 1.82) is 0 Å². The molecule has 0 bridgehead atoms. The van der Waals surface area contributed by atoms with Gasteiger partial charge in [-0.25, -0.2) is 8.42 Å². The minimum absolute atomic E-state index is 0.113. The smallest absolute Gasteiger partial charge is 0.261 e. The molecule has 2 aromatic carbocycles. The summed E-state index contributed by atoms with van der Waals surface area (Å²) in [5.74, 6) is 0.609. The fourth-order valence-electron chi connectivity index (χ4n) is 1.66. The summed E-state index contributed by atoms with van der Waals surface area (Å²) in [4.78, 5) is 0.113. The van der Waals surface area contributed by atoms with Crippen molar-refractivity contribution in [1.82, 2.24) is 0 Å². The van der Waals surface area contributed by atoms with Gasteiger partial charge >= 0.3 is 0 Å². The molecule has 0 spiro atoms. The zero-order valence-corrected chi connectivity index (χ0v) is 13.5. The van der Waals surface area contributed by atoms with Crippen molar-refractivity contribution in [2.24, 2.45) is 0 Å². The standard InChI is InChI=1S/C14H13Cl2NO3S/c1-2-20-11-4-6-12(7-5-11)21(18,19)17-14-9-10(15)3-8-13(14)16/h3-9,17H,2H2,1H3. The molecule has 1 N–H and O–H groups in total. The molecule has 0 radical (unpaired) electrons. The fourth-order valence-corrected chi connectivity index (χ4v) is 3.12. The number of hydrogen-bond acceptors (Lipinski definition) is 3. The predicted octanol–water partition coefficient (Wildman–Crippen LogP) is 4.19. The molecule has 0 heterocycles. The van der Waals surface area contributed by atoms with Gasteiger partial charge in [0.05, 0.1) is 22.2 Å². The second-order valence-electron chi connectivity index (χ2n) is 4.13. The van der Waals surface area contributed by atoms with Crippen LogP contribution in [0.25, 0.3) is 0 Å². The van der Waals surface area contributed by atoms with Crippen LogP contribution in [0.15, 0.2) is 47.4 Å². The molecule has 7 heteroatoms. The van der Waals surface area contributed by atoms with Gasteiger partial charge in [-0.05, 0) is 49.4 Å². The van der Waals surface area contributed by atoms with Gasteiger partial charge in [-0.1, -0.05) is 23.2 Å². The Bertz CT molecular complexity index is 730. The monoisotopic (exact) mass is 345 g/mol. The summed E-state index contributed by atoms with van der Waals surface area (Å²) in [6.45, 7) is 2.37. The van der Waals surface area contributed by atoms with E-state index in [-0.39, 0.29) is 15.6 Å². The predicted molar refractivity (Wildman–Crippen MR) is 84.9 cm³/mol. The Morgan fingerprint density at radius 1 is 1.10 bits per heavy atom. The number of halogens is 2. The first-order valence-electron chi connectivity index (χ1n) is 6.13. The lowest BCUT2D eigenvalue weighted by molar-refractivity contribution is 0.340. The summed E-state index contributed by atoms with van der Waals surface area (Å²) in [6.07, 6.45) is 0. The minimum atomic E-state index is -3.73. The van der Waals surface area contributed by atoms with Crippen molar-refractivity contribution in [3.05, 3.63) is 52.5 Å². The first kappa shape index (κ1) is 15.9. The Balaban J connectivity index is 2.27. The number of ether oxygens (including phenoxy) is 1. The van der Waals surface area contributed by atoms with E-state index in [0.29, 0.717) is 17.4 Å². The lowest BCUT2D eigenvalue weighted by atomic mass is 10.3. The van der Waals surface area contributed by atoms with Crippen LogP contribution >= 0.6 is 23.2 Å². The largest absolute Gasteiger partial charge is 0.494 e. The Labute approximate surface area is 133 Å². The molecule has 0 atom stereocenters. The number of anilines is 1. The van der Waals surface area contributed by atoms with Gasteiger partial charge in [-0.2, -0.15) is 0 Å². The number of nitrogens with one attached hydrogen (secondary N) is 1. The Morgan fingerprint density at radius 3 is 2.38 bits per heavy atom. The van der Waals surface area contributed by atoms with Crippen LogP contribution in [0.1, 0.15) is 6.92 Å². The first-order valence-corrected chi connectivity index (χ1v) is 8.37. The molecule has 2 aromatic rings. The summed E-state index contributed by atoms with van der Waals surface area (Å²) in [7, 11) is -3.73. The van der Waals surface area contributed by atoms with E-state index in [1.165, 1.54) is 24.3 Å². The molecule has 21 heavy (non-hydrogen) atoms. The molecule has 112 valence electrons. The van der Waals surface area contributed by atoms with Crippen molar-refractivity contribution < 1.29 is 13.2 Å². The van der Waals surface area contributed by atoms with E-state index in [1.807, 2.05) is 6.92 Å². The van der Waals surface area contributed by atoms with Crippen molar-refractivity contribution in [2.75, 3.05) is 11.3 Å². The van der Waals surface area contributed by atoms with E-state index in [0.717, 1.165) is 0 Å². The Kier molecular flexibility index (Phi) is 4.98. The molecule has 4 nitrogen and oxygen atoms in total. The van der Waals surface area contributed by atoms with E-state index >= 15 is 0 Å². The highest BCUT2D eigenvalue weighted by Crippen LogP contribution is 2.28. The maximum atomic E-state index is 12.3. The van der Waals surface area contributed by atoms with E-state index < -0.39 is 10.0 Å². The summed E-state index contributed by atoms with van der Waals surface area (Å²) in [6, 6.07) is 10.7. The highest BCUT2D eigenvalue weighted by Gasteiger charge is 2.16. The third kappa shape index (κ3) is 4.03. The molecular weight excluding hydrogens is 333 g/mol. The average Bonchev–Trinajstić information content (AvgIpc) is 2.44. The molecule has 2 rings (SSSR count). The van der Waals surface area contributed by atoms with Gasteiger partial charge in [0.2, 0.25) is 0 Å². The van der Waals surface area contributed by atoms with E-state index in [9.17, 15) is 8.42 Å². The molecular formula is C14H13Cl2NO3S. The fraction of sp³-hybridized carbons (Fsp3) is 0.143. The molecule has 0 fully saturated rings. The van der Waals surface area contributed by atoms with E-state index in [1.54, 1.807) is 18.2 Å². The van der Waals surface area contributed by atoms with Crippen LogP contribution < -0.4 is 9.46 Å². The van der Waals surface area contributed by atoms with Crippen molar-refractivity contribution in [2.45, 2.75) is 11.8 Å². The maximum Gasteiger partial charge on any atom is 0.261 e. The van der Waals surface area contributed by atoms with E-state index in [2.05, 4.69) is 4.72 Å². The van der Waals surface area contributed by atoms with Crippen molar-refractivity contribution >= 4 is 38.9 Å². The average molecular weight is 346 g/mol. The molecule has 0 aliphatic carbocycles. The summed E-state index contributed by atoms with van der Waals surface area (Å²) in [5.41, 5.74) is 0.234. The van der Waals surface area contributed by atoms with Gasteiger partial charge in [0.25, 0.3) is 10.0 Å². The normalized spacial score (nSPS) is 11.2. The van der Waals surface area contributed by atoms with Gasteiger partial charge in [-0.3, -0.25) is 4.72 Å². The molecule has 0 aromatic heterocycles. The highest BCUT2D eigenvalue weighted by atomic mass is 35.5. The highest BCUT2D eigenvalue weighted by molar-refractivity contribution is 7.92. The molecule has 0 aliphatic heterocycles.